The first kappa shape index (κ1) is 19.1. The highest BCUT2D eigenvalue weighted by Gasteiger charge is 2.36. The molecule has 0 saturated carbocycles. The molecule has 2 fully saturated rings. The molecule has 152 valence electrons. The summed E-state index contributed by atoms with van der Waals surface area (Å²) in [4.78, 5) is 5.29. The van der Waals surface area contributed by atoms with E-state index in [1.165, 1.54) is 81.5 Å². The molecule has 2 nitrogen and oxygen atoms in total. The summed E-state index contributed by atoms with van der Waals surface area (Å²) in [5.74, 6) is 1.54. The van der Waals surface area contributed by atoms with Crippen molar-refractivity contribution in [2.75, 3.05) is 32.7 Å². The van der Waals surface area contributed by atoms with Gasteiger partial charge in [0.15, 0.2) is 0 Å². The molecular weight excluding hydrogens is 352 g/mol. The highest BCUT2D eigenvalue weighted by Crippen LogP contribution is 2.41. The first-order chi connectivity index (χ1) is 14.3. The van der Waals surface area contributed by atoms with Gasteiger partial charge in [0.25, 0.3) is 0 Å². The minimum Gasteiger partial charge on any atom is -0.303 e. The number of rotatable bonds is 6. The van der Waals surface area contributed by atoms with Gasteiger partial charge < -0.3 is 4.90 Å². The predicted octanol–water partition coefficient (Wildman–Crippen LogP) is 5.25. The van der Waals surface area contributed by atoms with Gasteiger partial charge in [-0.05, 0) is 73.4 Å². The van der Waals surface area contributed by atoms with Crippen LogP contribution in [-0.4, -0.2) is 42.5 Å². The van der Waals surface area contributed by atoms with Crippen molar-refractivity contribution in [1.29, 1.82) is 0 Å². The second-order valence-corrected chi connectivity index (χ2v) is 9.28. The van der Waals surface area contributed by atoms with Crippen LogP contribution >= 0.6 is 0 Å². The van der Waals surface area contributed by atoms with E-state index in [9.17, 15) is 0 Å². The van der Waals surface area contributed by atoms with E-state index in [0.29, 0.717) is 5.92 Å². The molecule has 2 saturated heterocycles. The van der Waals surface area contributed by atoms with Crippen molar-refractivity contribution in [3.63, 3.8) is 0 Å². The lowest BCUT2D eigenvalue weighted by atomic mass is 9.78. The average molecular weight is 387 g/mol. The number of likely N-dealkylation sites (tertiary alicyclic amines) is 2. The van der Waals surface area contributed by atoms with Gasteiger partial charge in [-0.2, -0.15) is 0 Å². The fourth-order valence-corrected chi connectivity index (χ4v) is 5.67. The molecule has 2 heteroatoms. The summed E-state index contributed by atoms with van der Waals surface area (Å²) in [5, 5.41) is 0. The number of nitrogens with zero attached hydrogens (tertiary/aromatic N) is 2. The minimum absolute atomic E-state index is 0.711. The van der Waals surface area contributed by atoms with E-state index in [2.05, 4.69) is 70.5 Å². The van der Waals surface area contributed by atoms with Gasteiger partial charge >= 0.3 is 0 Å². The van der Waals surface area contributed by atoms with Crippen LogP contribution in [0, 0.1) is 11.8 Å². The van der Waals surface area contributed by atoms with E-state index in [4.69, 9.17) is 0 Å². The van der Waals surface area contributed by atoms with Crippen molar-refractivity contribution >= 4 is 5.57 Å². The van der Waals surface area contributed by atoms with Crippen molar-refractivity contribution in [2.24, 2.45) is 11.8 Å². The van der Waals surface area contributed by atoms with E-state index < -0.39 is 0 Å². The van der Waals surface area contributed by atoms with Gasteiger partial charge in [0.1, 0.15) is 0 Å². The first-order valence-electron chi connectivity index (χ1n) is 11.6. The maximum atomic E-state index is 2.67. The Kier molecular flexibility index (Phi) is 5.83. The minimum atomic E-state index is 0.711. The van der Waals surface area contributed by atoms with Gasteiger partial charge in [0.2, 0.25) is 0 Å². The zero-order chi connectivity index (χ0) is 19.5. The molecule has 1 aliphatic carbocycles. The molecule has 0 aromatic heterocycles. The summed E-state index contributed by atoms with van der Waals surface area (Å²) < 4.78 is 0. The molecule has 0 amide bonds. The summed E-state index contributed by atoms with van der Waals surface area (Å²) in [6.07, 6.45) is 9.09. The third-order valence-corrected chi connectivity index (χ3v) is 7.27. The maximum absolute atomic E-state index is 2.67. The highest BCUT2D eigenvalue weighted by molar-refractivity contribution is 5.69. The van der Waals surface area contributed by atoms with Crippen molar-refractivity contribution in [3.05, 3.63) is 77.4 Å². The van der Waals surface area contributed by atoms with Gasteiger partial charge in [-0.25, -0.2) is 0 Å². The number of hydrogen-bond acceptors (Lipinski definition) is 2. The maximum Gasteiger partial charge on any atom is 0.0234 e. The fraction of sp³-hybridized carbons (Fsp3) is 0.481. The number of fused-ring (bicyclic) bond motifs is 1. The number of allylic oxidation sites excluding steroid dienone is 1. The van der Waals surface area contributed by atoms with Crippen LogP contribution in [0.3, 0.4) is 0 Å². The van der Waals surface area contributed by atoms with Crippen LogP contribution < -0.4 is 0 Å². The van der Waals surface area contributed by atoms with Crippen LogP contribution in [0.15, 0.2) is 60.7 Å². The van der Waals surface area contributed by atoms with Gasteiger partial charge in [-0.1, -0.05) is 60.7 Å². The Labute approximate surface area is 176 Å². The van der Waals surface area contributed by atoms with Crippen molar-refractivity contribution in [3.8, 4) is 0 Å². The normalized spacial score (nSPS) is 25.2. The molecule has 2 aromatic carbocycles. The third kappa shape index (κ3) is 4.49. The number of hydrogen-bond donors (Lipinski definition) is 0. The van der Waals surface area contributed by atoms with Crippen LogP contribution in [0.1, 0.15) is 42.4 Å². The first-order valence-corrected chi connectivity index (χ1v) is 11.6. The quantitative estimate of drug-likeness (QED) is 0.669. The lowest BCUT2D eigenvalue weighted by molar-refractivity contribution is 0.313. The van der Waals surface area contributed by atoms with Crippen molar-refractivity contribution in [1.82, 2.24) is 9.80 Å². The molecule has 0 radical (unpaired) electrons. The lowest BCUT2D eigenvalue weighted by Gasteiger charge is -2.26. The van der Waals surface area contributed by atoms with E-state index in [-0.39, 0.29) is 0 Å². The molecule has 2 heterocycles. The fourth-order valence-electron chi connectivity index (χ4n) is 5.67. The smallest absolute Gasteiger partial charge is 0.0234 e. The lowest BCUT2D eigenvalue weighted by Crippen LogP contribution is -2.22. The second-order valence-electron chi connectivity index (χ2n) is 9.28. The van der Waals surface area contributed by atoms with Crippen molar-refractivity contribution < 1.29 is 0 Å². The predicted molar refractivity (Wildman–Crippen MR) is 122 cm³/mol. The Bertz CT molecular complexity index is 817. The van der Waals surface area contributed by atoms with Gasteiger partial charge in [0, 0.05) is 32.1 Å². The van der Waals surface area contributed by atoms with Gasteiger partial charge in [-0.3, -0.25) is 4.90 Å². The summed E-state index contributed by atoms with van der Waals surface area (Å²) in [5.41, 5.74) is 6.01. The standard InChI is InChI=1S/C27H34N2/c1-2-7-23(8-3-1)19-29-20-25-9-6-10-26(27(25)21-29)24-13-11-22(12-14-24)15-18-28-16-4-5-17-28/h1-3,7-8,10-14,25,27H,4-6,9,15-21H2. The summed E-state index contributed by atoms with van der Waals surface area (Å²) in [7, 11) is 0. The molecule has 2 atom stereocenters. The Morgan fingerprint density at radius 1 is 0.793 bits per heavy atom. The molecule has 2 aromatic rings. The van der Waals surface area contributed by atoms with Crippen LogP contribution in [0.4, 0.5) is 0 Å². The molecule has 2 aliphatic heterocycles. The molecule has 2 unspecified atom stereocenters. The largest absolute Gasteiger partial charge is 0.303 e. The average Bonchev–Trinajstić information content (AvgIpc) is 3.42. The second kappa shape index (κ2) is 8.85. The third-order valence-electron chi connectivity index (χ3n) is 7.27. The number of benzene rings is 2. The van der Waals surface area contributed by atoms with Crippen LogP contribution in [0.5, 0.6) is 0 Å². The van der Waals surface area contributed by atoms with Crippen molar-refractivity contribution in [2.45, 2.75) is 38.6 Å². The molecule has 3 aliphatic rings. The zero-order valence-electron chi connectivity index (χ0n) is 17.6. The van der Waals surface area contributed by atoms with Gasteiger partial charge in [-0.15, -0.1) is 0 Å². The Balaban J connectivity index is 1.23. The van der Waals surface area contributed by atoms with Crippen LogP contribution in [0.25, 0.3) is 5.57 Å². The molecule has 5 rings (SSSR count). The van der Waals surface area contributed by atoms with Gasteiger partial charge in [0.05, 0.1) is 0 Å². The Morgan fingerprint density at radius 3 is 2.38 bits per heavy atom. The van der Waals surface area contributed by atoms with Crippen LogP contribution in [-0.2, 0) is 13.0 Å². The Hall–Kier alpha value is -1.90. The monoisotopic (exact) mass is 386 g/mol. The topological polar surface area (TPSA) is 6.48 Å². The Morgan fingerprint density at radius 2 is 1.59 bits per heavy atom. The summed E-state index contributed by atoms with van der Waals surface area (Å²) in [6.45, 7) is 7.38. The molecule has 0 N–H and O–H groups in total. The summed E-state index contributed by atoms with van der Waals surface area (Å²) >= 11 is 0. The zero-order valence-corrected chi connectivity index (χ0v) is 17.6. The van der Waals surface area contributed by atoms with E-state index >= 15 is 0 Å². The molecule has 0 spiro atoms. The van der Waals surface area contributed by atoms with Crippen LogP contribution in [0.2, 0.25) is 0 Å². The molecular formula is C27H34N2. The molecule has 29 heavy (non-hydrogen) atoms. The molecule has 0 bridgehead atoms. The van der Waals surface area contributed by atoms with E-state index in [1.54, 1.807) is 5.57 Å². The summed E-state index contributed by atoms with van der Waals surface area (Å²) in [6, 6.07) is 20.5. The SMILES string of the molecule is C1=C(c2ccc(CCN3CCCC3)cc2)C2CN(Cc3ccccc3)CC2CC1. The van der Waals surface area contributed by atoms with E-state index in [1.807, 2.05) is 0 Å². The highest BCUT2D eigenvalue weighted by atomic mass is 15.2. The van der Waals surface area contributed by atoms with E-state index in [0.717, 1.165) is 12.5 Å².